The van der Waals surface area contributed by atoms with Gasteiger partial charge in [0.15, 0.2) is 0 Å². The maximum absolute atomic E-state index is 8.87. The average molecular weight is 366 g/mol. The van der Waals surface area contributed by atoms with Crippen molar-refractivity contribution in [3.05, 3.63) is 42.9 Å². The average Bonchev–Trinajstić information content (AvgIpc) is 3.31. The molecule has 1 unspecified atom stereocenters. The molecule has 1 aliphatic heterocycles. The molecule has 1 saturated heterocycles. The van der Waals surface area contributed by atoms with Gasteiger partial charge in [-0.05, 0) is 12.0 Å². The summed E-state index contributed by atoms with van der Waals surface area (Å²) in [5.74, 6) is 0.528. The van der Waals surface area contributed by atoms with Crippen LogP contribution in [-0.4, -0.2) is 63.9 Å². The Labute approximate surface area is 158 Å². The predicted octanol–water partition coefficient (Wildman–Crippen LogP) is 1.51. The van der Waals surface area contributed by atoms with Gasteiger partial charge in [-0.1, -0.05) is 30.3 Å². The van der Waals surface area contributed by atoms with Gasteiger partial charge in [0.25, 0.3) is 0 Å². The highest BCUT2D eigenvalue weighted by Crippen LogP contribution is 2.36. The molecule has 7 nitrogen and oxygen atoms in total. The van der Waals surface area contributed by atoms with Crippen LogP contribution in [0.25, 0.3) is 22.2 Å². The van der Waals surface area contributed by atoms with Gasteiger partial charge in [-0.15, -0.1) is 0 Å². The number of nitrogens with two attached hydrogens (primary N) is 1. The molecule has 1 fully saturated rings. The minimum Gasteiger partial charge on any atom is -0.395 e. The number of nitrogen functional groups attached to an aromatic ring is 1. The summed E-state index contributed by atoms with van der Waals surface area (Å²) >= 11 is 0. The lowest BCUT2D eigenvalue weighted by atomic mass is 10.1. The molecule has 0 aliphatic carbocycles. The number of benzene rings is 1. The SMILES string of the molecule is Nc1ncnc2c1c(-c1ccccc1)cn2C1CCN(CCNCCO)C1. The number of aliphatic hydroxyl groups excluding tert-OH is 1. The van der Waals surface area contributed by atoms with Gasteiger partial charge in [0.05, 0.1) is 12.0 Å². The van der Waals surface area contributed by atoms with E-state index in [0.29, 0.717) is 18.4 Å². The second kappa shape index (κ2) is 8.04. The maximum Gasteiger partial charge on any atom is 0.146 e. The number of fused-ring (bicyclic) bond motifs is 1. The number of aliphatic hydroxyl groups is 1. The van der Waals surface area contributed by atoms with Crippen LogP contribution in [0.1, 0.15) is 12.5 Å². The molecule has 0 saturated carbocycles. The van der Waals surface area contributed by atoms with Crippen LogP contribution in [0.2, 0.25) is 0 Å². The number of anilines is 1. The molecule has 3 heterocycles. The van der Waals surface area contributed by atoms with Crippen molar-refractivity contribution in [1.82, 2.24) is 24.8 Å². The van der Waals surface area contributed by atoms with Gasteiger partial charge in [-0.3, -0.25) is 4.90 Å². The highest BCUT2D eigenvalue weighted by Gasteiger charge is 2.26. The van der Waals surface area contributed by atoms with E-state index < -0.39 is 0 Å². The Bertz CT molecular complexity index is 894. The molecule has 2 aromatic heterocycles. The van der Waals surface area contributed by atoms with Crippen molar-refractivity contribution in [2.75, 3.05) is 45.1 Å². The molecule has 4 rings (SSSR count). The van der Waals surface area contributed by atoms with E-state index in [1.54, 1.807) is 6.33 Å². The summed E-state index contributed by atoms with van der Waals surface area (Å²) in [6.07, 6.45) is 4.82. The summed E-state index contributed by atoms with van der Waals surface area (Å²) in [5.41, 5.74) is 9.35. The fourth-order valence-electron chi connectivity index (χ4n) is 3.91. The zero-order valence-electron chi connectivity index (χ0n) is 15.4. The maximum atomic E-state index is 8.87. The van der Waals surface area contributed by atoms with Crippen LogP contribution in [0.3, 0.4) is 0 Å². The molecule has 0 bridgehead atoms. The lowest BCUT2D eigenvalue weighted by molar-refractivity contribution is 0.280. The van der Waals surface area contributed by atoms with Gasteiger partial charge < -0.3 is 20.7 Å². The standard InChI is InChI=1S/C20H26N6O/c21-19-18-17(15-4-2-1-3-5-15)13-26(20(18)24-14-23-19)16-6-9-25(12-16)10-7-22-8-11-27/h1-5,13-14,16,22,27H,6-12H2,(H2,21,23,24). The summed E-state index contributed by atoms with van der Waals surface area (Å²) in [6.45, 7) is 4.76. The van der Waals surface area contributed by atoms with E-state index in [0.717, 1.165) is 54.8 Å². The molecule has 1 aromatic carbocycles. The van der Waals surface area contributed by atoms with Gasteiger partial charge >= 0.3 is 0 Å². The summed E-state index contributed by atoms with van der Waals surface area (Å²) in [4.78, 5) is 11.2. The number of likely N-dealkylation sites (tertiary alicyclic amines) is 1. The number of hydrogen-bond acceptors (Lipinski definition) is 6. The first kappa shape index (κ1) is 17.9. The lowest BCUT2D eigenvalue weighted by Gasteiger charge is -2.17. The van der Waals surface area contributed by atoms with Crippen LogP contribution in [-0.2, 0) is 0 Å². The normalized spacial score (nSPS) is 17.7. The quantitative estimate of drug-likeness (QED) is 0.549. The smallest absolute Gasteiger partial charge is 0.146 e. The molecule has 142 valence electrons. The van der Waals surface area contributed by atoms with Crippen molar-refractivity contribution in [3.8, 4) is 11.1 Å². The van der Waals surface area contributed by atoms with E-state index in [1.807, 2.05) is 18.2 Å². The first-order chi connectivity index (χ1) is 13.3. The Balaban J connectivity index is 1.61. The van der Waals surface area contributed by atoms with Gasteiger partial charge in [-0.2, -0.15) is 0 Å². The largest absolute Gasteiger partial charge is 0.395 e. The third kappa shape index (κ3) is 3.66. The Hall–Kier alpha value is -2.48. The minimum absolute atomic E-state index is 0.182. The van der Waals surface area contributed by atoms with Gasteiger partial charge in [0.2, 0.25) is 0 Å². The summed E-state index contributed by atoms with van der Waals surface area (Å²) in [6, 6.07) is 10.7. The number of aromatic nitrogens is 3. The third-order valence-electron chi connectivity index (χ3n) is 5.26. The second-order valence-corrected chi connectivity index (χ2v) is 6.99. The first-order valence-electron chi connectivity index (χ1n) is 9.48. The highest BCUT2D eigenvalue weighted by molar-refractivity contribution is 6.00. The van der Waals surface area contributed by atoms with Crippen molar-refractivity contribution in [3.63, 3.8) is 0 Å². The molecule has 1 atom stereocenters. The van der Waals surface area contributed by atoms with E-state index in [2.05, 4.69) is 43.1 Å². The topological polar surface area (TPSA) is 92.2 Å². The number of rotatable bonds is 7. The fourth-order valence-corrected chi connectivity index (χ4v) is 3.91. The predicted molar refractivity (Wildman–Crippen MR) is 107 cm³/mol. The molecule has 0 radical (unpaired) electrons. The van der Waals surface area contributed by atoms with Crippen molar-refractivity contribution < 1.29 is 5.11 Å². The van der Waals surface area contributed by atoms with Crippen molar-refractivity contribution in [2.45, 2.75) is 12.5 Å². The fraction of sp³-hybridized carbons (Fsp3) is 0.400. The molecule has 0 amide bonds. The molecule has 0 spiro atoms. The zero-order valence-corrected chi connectivity index (χ0v) is 15.4. The molecule has 1 aliphatic rings. The van der Waals surface area contributed by atoms with Crippen LogP contribution in [0.4, 0.5) is 5.82 Å². The van der Waals surface area contributed by atoms with E-state index in [9.17, 15) is 0 Å². The van der Waals surface area contributed by atoms with Gasteiger partial charge in [0, 0.05) is 50.5 Å². The van der Waals surface area contributed by atoms with Crippen LogP contribution in [0, 0.1) is 0 Å². The summed E-state index contributed by atoms with van der Waals surface area (Å²) in [5, 5.41) is 13.0. The van der Waals surface area contributed by atoms with E-state index in [1.165, 1.54) is 0 Å². The van der Waals surface area contributed by atoms with E-state index in [4.69, 9.17) is 10.8 Å². The Morgan fingerprint density at radius 1 is 1.19 bits per heavy atom. The van der Waals surface area contributed by atoms with Crippen molar-refractivity contribution in [1.29, 1.82) is 0 Å². The first-order valence-corrected chi connectivity index (χ1v) is 9.48. The Kier molecular flexibility index (Phi) is 5.33. The number of nitrogens with zero attached hydrogens (tertiary/aromatic N) is 4. The summed E-state index contributed by atoms with van der Waals surface area (Å²) in [7, 11) is 0. The van der Waals surface area contributed by atoms with Gasteiger partial charge in [-0.25, -0.2) is 9.97 Å². The molecule has 3 aromatic rings. The van der Waals surface area contributed by atoms with Crippen LogP contribution in [0.5, 0.6) is 0 Å². The van der Waals surface area contributed by atoms with Crippen LogP contribution >= 0.6 is 0 Å². The monoisotopic (exact) mass is 366 g/mol. The molecule has 4 N–H and O–H groups in total. The third-order valence-corrected chi connectivity index (χ3v) is 5.26. The van der Waals surface area contributed by atoms with Crippen LogP contribution in [0.15, 0.2) is 42.9 Å². The Morgan fingerprint density at radius 2 is 2.04 bits per heavy atom. The second-order valence-electron chi connectivity index (χ2n) is 6.99. The zero-order chi connectivity index (χ0) is 18.6. The summed E-state index contributed by atoms with van der Waals surface area (Å²) < 4.78 is 2.27. The molecule has 7 heteroatoms. The minimum atomic E-state index is 0.182. The number of nitrogens with one attached hydrogen (secondary N) is 1. The molecule has 27 heavy (non-hydrogen) atoms. The van der Waals surface area contributed by atoms with Crippen LogP contribution < -0.4 is 11.1 Å². The molecular weight excluding hydrogens is 340 g/mol. The molecular formula is C20H26N6O. The Morgan fingerprint density at radius 3 is 2.85 bits per heavy atom. The number of hydrogen-bond donors (Lipinski definition) is 3. The lowest BCUT2D eigenvalue weighted by Crippen LogP contribution is -2.32. The van der Waals surface area contributed by atoms with E-state index in [-0.39, 0.29) is 6.61 Å². The van der Waals surface area contributed by atoms with Crippen molar-refractivity contribution in [2.24, 2.45) is 0 Å². The van der Waals surface area contributed by atoms with E-state index >= 15 is 0 Å². The van der Waals surface area contributed by atoms with Crippen molar-refractivity contribution >= 4 is 16.9 Å². The highest BCUT2D eigenvalue weighted by atomic mass is 16.3. The van der Waals surface area contributed by atoms with Gasteiger partial charge in [0.1, 0.15) is 17.8 Å².